The number of hydrogen-bond donors (Lipinski definition) is 2. The fourth-order valence-corrected chi connectivity index (χ4v) is 2.42. The first kappa shape index (κ1) is 13.6. The van der Waals surface area contributed by atoms with Gasteiger partial charge >= 0.3 is 0 Å². The lowest BCUT2D eigenvalue weighted by Gasteiger charge is -2.04. The largest absolute Gasteiger partial charge is 0.459 e. The minimum atomic E-state index is -0.216. The standard InChI is InChI=1S/C16H21FN2O/c1-11-14-9-12(17)3-6-15(14)20-16(11)10-18-7-2-8-19-13-4-5-13/h3,6,9,13,18-19H,2,4-5,7-8,10H2,1H3. The van der Waals surface area contributed by atoms with Crippen LogP contribution in [0, 0.1) is 12.7 Å². The Balaban J connectivity index is 1.50. The van der Waals surface area contributed by atoms with Gasteiger partial charge in [-0.2, -0.15) is 0 Å². The fourth-order valence-electron chi connectivity index (χ4n) is 2.42. The van der Waals surface area contributed by atoms with Crippen LogP contribution in [0.15, 0.2) is 22.6 Å². The molecule has 3 rings (SSSR count). The summed E-state index contributed by atoms with van der Waals surface area (Å²) in [6.07, 6.45) is 3.79. The number of rotatable bonds is 7. The molecule has 1 aromatic heterocycles. The molecule has 1 saturated carbocycles. The zero-order valence-electron chi connectivity index (χ0n) is 11.8. The fraction of sp³-hybridized carbons (Fsp3) is 0.500. The molecule has 0 atom stereocenters. The Morgan fingerprint density at radius 1 is 1.30 bits per heavy atom. The van der Waals surface area contributed by atoms with Gasteiger partial charge in [-0.05, 0) is 63.0 Å². The van der Waals surface area contributed by atoms with Gasteiger partial charge in [0.15, 0.2) is 0 Å². The summed E-state index contributed by atoms with van der Waals surface area (Å²) in [5.41, 5.74) is 1.79. The van der Waals surface area contributed by atoms with Crippen LogP contribution in [-0.4, -0.2) is 19.1 Å². The van der Waals surface area contributed by atoms with Gasteiger partial charge in [0.25, 0.3) is 0 Å². The van der Waals surface area contributed by atoms with E-state index in [9.17, 15) is 4.39 Å². The van der Waals surface area contributed by atoms with E-state index >= 15 is 0 Å². The van der Waals surface area contributed by atoms with Gasteiger partial charge in [-0.3, -0.25) is 0 Å². The van der Waals surface area contributed by atoms with Gasteiger partial charge in [-0.1, -0.05) is 0 Å². The van der Waals surface area contributed by atoms with Crippen molar-refractivity contribution in [1.82, 2.24) is 10.6 Å². The maximum atomic E-state index is 13.2. The molecule has 2 N–H and O–H groups in total. The van der Waals surface area contributed by atoms with E-state index in [2.05, 4.69) is 10.6 Å². The summed E-state index contributed by atoms with van der Waals surface area (Å²) in [5, 5.41) is 7.75. The highest BCUT2D eigenvalue weighted by atomic mass is 19.1. The van der Waals surface area contributed by atoms with Crippen molar-refractivity contribution in [1.29, 1.82) is 0 Å². The van der Waals surface area contributed by atoms with Crippen LogP contribution in [0.5, 0.6) is 0 Å². The van der Waals surface area contributed by atoms with Crippen LogP contribution in [-0.2, 0) is 6.54 Å². The zero-order valence-corrected chi connectivity index (χ0v) is 11.8. The molecule has 0 spiro atoms. The first-order valence-corrected chi connectivity index (χ1v) is 7.35. The van der Waals surface area contributed by atoms with Crippen molar-refractivity contribution >= 4 is 11.0 Å². The van der Waals surface area contributed by atoms with Gasteiger partial charge in [0.2, 0.25) is 0 Å². The lowest BCUT2D eigenvalue weighted by Crippen LogP contribution is -2.23. The first-order valence-electron chi connectivity index (χ1n) is 7.35. The van der Waals surface area contributed by atoms with Gasteiger partial charge in [0.1, 0.15) is 17.2 Å². The Kier molecular flexibility index (Phi) is 4.03. The zero-order chi connectivity index (χ0) is 13.9. The van der Waals surface area contributed by atoms with Crippen LogP contribution < -0.4 is 10.6 Å². The molecule has 3 nitrogen and oxygen atoms in total. The Hall–Kier alpha value is -1.39. The first-order chi connectivity index (χ1) is 9.74. The van der Waals surface area contributed by atoms with E-state index in [1.807, 2.05) is 6.92 Å². The summed E-state index contributed by atoms with van der Waals surface area (Å²) in [4.78, 5) is 0. The average molecular weight is 276 g/mol. The average Bonchev–Trinajstić information content (AvgIpc) is 3.21. The second-order valence-electron chi connectivity index (χ2n) is 5.55. The summed E-state index contributed by atoms with van der Waals surface area (Å²) in [5.74, 6) is 0.688. The summed E-state index contributed by atoms with van der Waals surface area (Å²) in [6, 6.07) is 5.45. The molecule has 1 heterocycles. The van der Waals surface area contributed by atoms with Gasteiger partial charge in [0, 0.05) is 11.4 Å². The van der Waals surface area contributed by atoms with E-state index in [1.54, 1.807) is 6.07 Å². The highest BCUT2D eigenvalue weighted by molar-refractivity contribution is 5.82. The molecular formula is C16H21FN2O. The van der Waals surface area contributed by atoms with Gasteiger partial charge in [-0.25, -0.2) is 4.39 Å². The maximum absolute atomic E-state index is 13.2. The number of benzene rings is 1. The third-order valence-corrected chi connectivity index (χ3v) is 3.82. The molecule has 0 saturated heterocycles. The Morgan fingerprint density at radius 2 is 2.15 bits per heavy atom. The van der Waals surface area contributed by atoms with Crippen molar-refractivity contribution < 1.29 is 8.81 Å². The number of aryl methyl sites for hydroxylation is 1. The molecule has 0 amide bonds. The number of hydrogen-bond acceptors (Lipinski definition) is 3. The normalized spacial score (nSPS) is 15.1. The lowest BCUT2D eigenvalue weighted by molar-refractivity contribution is 0.501. The quantitative estimate of drug-likeness (QED) is 0.763. The molecule has 0 bridgehead atoms. The van der Waals surface area contributed by atoms with Crippen molar-refractivity contribution in [3.05, 3.63) is 35.3 Å². The minimum Gasteiger partial charge on any atom is -0.459 e. The van der Waals surface area contributed by atoms with Crippen molar-refractivity contribution in [3.8, 4) is 0 Å². The van der Waals surface area contributed by atoms with Crippen molar-refractivity contribution in [3.63, 3.8) is 0 Å². The van der Waals surface area contributed by atoms with E-state index in [-0.39, 0.29) is 5.82 Å². The summed E-state index contributed by atoms with van der Waals surface area (Å²) >= 11 is 0. The van der Waals surface area contributed by atoms with Crippen molar-refractivity contribution in [2.75, 3.05) is 13.1 Å². The van der Waals surface area contributed by atoms with Crippen LogP contribution in [0.3, 0.4) is 0 Å². The van der Waals surface area contributed by atoms with E-state index in [0.717, 1.165) is 47.8 Å². The van der Waals surface area contributed by atoms with Gasteiger partial charge in [0.05, 0.1) is 6.54 Å². The molecule has 2 aromatic rings. The second-order valence-corrected chi connectivity index (χ2v) is 5.55. The Morgan fingerprint density at radius 3 is 2.95 bits per heavy atom. The molecular weight excluding hydrogens is 255 g/mol. The van der Waals surface area contributed by atoms with Gasteiger partial charge in [-0.15, -0.1) is 0 Å². The summed E-state index contributed by atoms with van der Waals surface area (Å²) < 4.78 is 19.0. The molecule has 0 radical (unpaired) electrons. The van der Waals surface area contributed by atoms with E-state index in [4.69, 9.17) is 4.42 Å². The molecule has 108 valence electrons. The number of fused-ring (bicyclic) bond motifs is 1. The van der Waals surface area contributed by atoms with Crippen LogP contribution in [0.4, 0.5) is 4.39 Å². The molecule has 0 aliphatic heterocycles. The third kappa shape index (κ3) is 3.19. The smallest absolute Gasteiger partial charge is 0.134 e. The highest BCUT2D eigenvalue weighted by Gasteiger charge is 2.19. The Labute approximate surface area is 118 Å². The molecule has 1 fully saturated rings. The predicted octanol–water partition coefficient (Wildman–Crippen LogP) is 3.11. The molecule has 1 aliphatic rings. The maximum Gasteiger partial charge on any atom is 0.134 e. The van der Waals surface area contributed by atoms with Crippen molar-refractivity contribution in [2.24, 2.45) is 0 Å². The lowest BCUT2D eigenvalue weighted by atomic mass is 10.1. The van der Waals surface area contributed by atoms with E-state index in [1.165, 1.54) is 25.0 Å². The van der Waals surface area contributed by atoms with Crippen LogP contribution in [0.1, 0.15) is 30.6 Å². The van der Waals surface area contributed by atoms with Crippen LogP contribution >= 0.6 is 0 Å². The third-order valence-electron chi connectivity index (χ3n) is 3.82. The molecule has 4 heteroatoms. The predicted molar refractivity (Wildman–Crippen MR) is 78.3 cm³/mol. The minimum absolute atomic E-state index is 0.216. The van der Waals surface area contributed by atoms with Crippen molar-refractivity contribution in [2.45, 2.75) is 38.8 Å². The summed E-state index contributed by atoms with van der Waals surface area (Å²) in [6.45, 7) is 4.72. The highest BCUT2D eigenvalue weighted by Crippen LogP contribution is 2.25. The van der Waals surface area contributed by atoms with Crippen LogP contribution in [0.2, 0.25) is 0 Å². The van der Waals surface area contributed by atoms with E-state index in [0.29, 0.717) is 6.54 Å². The topological polar surface area (TPSA) is 37.2 Å². The molecule has 1 aliphatic carbocycles. The SMILES string of the molecule is Cc1c(CNCCCNC2CC2)oc2ccc(F)cc12. The molecule has 20 heavy (non-hydrogen) atoms. The van der Waals surface area contributed by atoms with Gasteiger partial charge < -0.3 is 15.1 Å². The monoisotopic (exact) mass is 276 g/mol. The van der Waals surface area contributed by atoms with Crippen LogP contribution in [0.25, 0.3) is 11.0 Å². The molecule has 1 aromatic carbocycles. The van der Waals surface area contributed by atoms with E-state index < -0.39 is 0 Å². The Bertz CT molecular complexity index is 589. The number of furan rings is 1. The summed E-state index contributed by atoms with van der Waals surface area (Å²) in [7, 11) is 0. The number of halogens is 1. The molecule has 0 unspecified atom stereocenters. The second kappa shape index (κ2) is 5.94. The number of nitrogens with one attached hydrogen (secondary N) is 2.